The Morgan fingerprint density at radius 3 is 2.70 bits per heavy atom. The van der Waals surface area contributed by atoms with Gasteiger partial charge in [0.2, 0.25) is 0 Å². The van der Waals surface area contributed by atoms with E-state index in [1.807, 2.05) is 6.07 Å². The first-order valence-electron chi connectivity index (χ1n) is 6.96. The fourth-order valence-electron chi connectivity index (χ4n) is 2.05. The van der Waals surface area contributed by atoms with Crippen molar-refractivity contribution < 1.29 is 9.26 Å². The van der Waals surface area contributed by atoms with Crippen molar-refractivity contribution >= 4 is 0 Å². The van der Waals surface area contributed by atoms with Gasteiger partial charge in [0.15, 0.2) is 5.76 Å². The summed E-state index contributed by atoms with van der Waals surface area (Å²) in [4.78, 5) is 0. The van der Waals surface area contributed by atoms with Crippen LogP contribution in [0.3, 0.4) is 0 Å². The van der Waals surface area contributed by atoms with E-state index in [1.54, 1.807) is 0 Å². The number of hydrogen-bond donors (Lipinski definition) is 1. The zero-order chi connectivity index (χ0) is 14.5. The lowest BCUT2D eigenvalue weighted by Gasteiger charge is -2.12. The minimum atomic E-state index is 0.407. The molecule has 0 spiro atoms. The molecule has 0 saturated heterocycles. The summed E-state index contributed by atoms with van der Waals surface area (Å²) < 4.78 is 11.2. The van der Waals surface area contributed by atoms with Crippen LogP contribution >= 0.6 is 0 Å². The van der Waals surface area contributed by atoms with Gasteiger partial charge in [0.1, 0.15) is 12.4 Å². The van der Waals surface area contributed by atoms with Gasteiger partial charge < -0.3 is 14.6 Å². The summed E-state index contributed by atoms with van der Waals surface area (Å²) in [6, 6.07) is 6.12. The average molecular weight is 274 g/mol. The van der Waals surface area contributed by atoms with Crippen molar-refractivity contribution in [1.29, 1.82) is 0 Å². The van der Waals surface area contributed by atoms with Gasteiger partial charge in [-0.3, -0.25) is 0 Å². The van der Waals surface area contributed by atoms with E-state index in [2.05, 4.69) is 50.3 Å². The van der Waals surface area contributed by atoms with Gasteiger partial charge in [-0.25, -0.2) is 0 Å². The first kappa shape index (κ1) is 14.6. The Labute approximate surface area is 120 Å². The van der Waals surface area contributed by atoms with Crippen molar-refractivity contribution in [2.45, 2.75) is 40.8 Å². The minimum Gasteiger partial charge on any atom is -0.485 e. The smallest absolute Gasteiger partial charge is 0.174 e. The van der Waals surface area contributed by atoms with Gasteiger partial charge in [0.25, 0.3) is 0 Å². The number of hydrogen-bond acceptors (Lipinski definition) is 4. The van der Waals surface area contributed by atoms with Crippen LogP contribution in [0.2, 0.25) is 0 Å². The number of nitrogens with one attached hydrogen (secondary N) is 1. The third-order valence-electron chi connectivity index (χ3n) is 3.40. The first-order chi connectivity index (χ1) is 9.61. The van der Waals surface area contributed by atoms with E-state index in [1.165, 1.54) is 11.1 Å². The zero-order valence-corrected chi connectivity index (χ0v) is 12.6. The molecular weight excluding hydrogens is 252 g/mol. The van der Waals surface area contributed by atoms with E-state index in [0.29, 0.717) is 6.61 Å². The molecule has 0 amide bonds. The molecule has 0 bridgehead atoms. The van der Waals surface area contributed by atoms with E-state index < -0.39 is 0 Å². The number of rotatable bonds is 6. The molecular formula is C16H22N2O2. The molecule has 0 aliphatic rings. The van der Waals surface area contributed by atoms with Crippen LogP contribution < -0.4 is 10.1 Å². The highest BCUT2D eigenvalue weighted by Gasteiger charge is 2.09. The standard InChI is InChI=1S/C16H22N2O2/c1-5-17-9-14-8-15(20-18-14)10-19-16-12(3)7-6-11(2)13(16)4/h6-8,17H,5,9-10H2,1-4H3. The number of aromatic nitrogens is 1. The van der Waals surface area contributed by atoms with Crippen molar-refractivity contribution in [2.75, 3.05) is 6.54 Å². The van der Waals surface area contributed by atoms with E-state index in [4.69, 9.17) is 9.26 Å². The van der Waals surface area contributed by atoms with Gasteiger partial charge in [0, 0.05) is 12.6 Å². The lowest BCUT2D eigenvalue weighted by atomic mass is 10.1. The molecule has 1 aromatic carbocycles. The summed E-state index contributed by atoms with van der Waals surface area (Å²) in [6.45, 7) is 10.3. The third kappa shape index (κ3) is 3.39. The number of benzene rings is 1. The van der Waals surface area contributed by atoms with Crippen LogP contribution in [-0.4, -0.2) is 11.7 Å². The minimum absolute atomic E-state index is 0.407. The van der Waals surface area contributed by atoms with Crippen LogP contribution in [0.25, 0.3) is 0 Å². The predicted molar refractivity (Wildman–Crippen MR) is 78.9 cm³/mol. The molecule has 0 radical (unpaired) electrons. The molecule has 0 aliphatic carbocycles. The van der Waals surface area contributed by atoms with Crippen LogP contribution in [0.15, 0.2) is 22.7 Å². The molecule has 0 fully saturated rings. The van der Waals surface area contributed by atoms with Crippen molar-refractivity contribution in [3.8, 4) is 5.75 Å². The van der Waals surface area contributed by atoms with E-state index >= 15 is 0 Å². The maximum Gasteiger partial charge on any atom is 0.174 e. The summed E-state index contributed by atoms with van der Waals surface area (Å²) >= 11 is 0. The average Bonchev–Trinajstić information content (AvgIpc) is 2.89. The van der Waals surface area contributed by atoms with Gasteiger partial charge in [-0.15, -0.1) is 0 Å². The molecule has 0 unspecified atom stereocenters. The molecule has 2 rings (SSSR count). The number of nitrogens with zero attached hydrogens (tertiary/aromatic N) is 1. The fourth-order valence-corrected chi connectivity index (χ4v) is 2.05. The molecule has 0 saturated carbocycles. The molecule has 2 aromatic rings. The molecule has 20 heavy (non-hydrogen) atoms. The van der Waals surface area contributed by atoms with Crippen molar-refractivity contribution in [3.05, 3.63) is 46.3 Å². The molecule has 4 nitrogen and oxygen atoms in total. The van der Waals surface area contributed by atoms with E-state index in [9.17, 15) is 0 Å². The van der Waals surface area contributed by atoms with Crippen LogP contribution in [-0.2, 0) is 13.2 Å². The summed E-state index contributed by atoms with van der Waals surface area (Å²) in [6.07, 6.45) is 0. The summed E-state index contributed by atoms with van der Waals surface area (Å²) in [5.74, 6) is 1.69. The second-order valence-electron chi connectivity index (χ2n) is 5.01. The SMILES string of the molecule is CCNCc1cc(COc2c(C)ccc(C)c2C)on1. The van der Waals surface area contributed by atoms with Gasteiger partial charge in [-0.2, -0.15) is 0 Å². The Bertz CT molecular complexity index is 576. The van der Waals surface area contributed by atoms with Crippen molar-refractivity contribution in [3.63, 3.8) is 0 Å². The molecule has 0 atom stereocenters. The van der Waals surface area contributed by atoms with Crippen LogP contribution in [0.5, 0.6) is 5.75 Å². The first-order valence-corrected chi connectivity index (χ1v) is 6.96. The second-order valence-corrected chi connectivity index (χ2v) is 5.01. The Morgan fingerprint density at radius 2 is 1.95 bits per heavy atom. The normalized spacial score (nSPS) is 10.8. The molecule has 108 valence electrons. The molecule has 1 N–H and O–H groups in total. The maximum absolute atomic E-state index is 5.90. The van der Waals surface area contributed by atoms with E-state index in [-0.39, 0.29) is 0 Å². The Balaban J connectivity index is 2.02. The highest BCUT2D eigenvalue weighted by Crippen LogP contribution is 2.26. The molecule has 1 aromatic heterocycles. The lowest BCUT2D eigenvalue weighted by Crippen LogP contribution is -2.11. The van der Waals surface area contributed by atoms with Gasteiger partial charge in [-0.1, -0.05) is 24.2 Å². The second kappa shape index (κ2) is 6.57. The fraction of sp³-hybridized carbons (Fsp3) is 0.438. The highest BCUT2D eigenvalue weighted by molar-refractivity contribution is 5.44. The molecule has 0 aliphatic heterocycles. The Kier molecular flexibility index (Phi) is 4.79. The van der Waals surface area contributed by atoms with Gasteiger partial charge in [-0.05, 0) is 44.0 Å². The molecule has 1 heterocycles. The van der Waals surface area contributed by atoms with Crippen molar-refractivity contribution in [1.82, 2.24) is 10.5 Å². The quantitative estimate of drug-likeness (QED) is 0.878. The number of aryl methyl sites for hydroxylation is 2. The predicted octanol–water partition coefficient (Wildman–Crippen LogP) is 3.29. The lowest BCUT2D eigenvalue weighted by molar-refractivity contribution is 0.246. The van der Waals surface area contributed by atoms with Crippen LogP contribution in [0, 0.1) is 20.8 Å². The highest BCUT2D eigenvalue weighted by atomic mass is 16.5. The van der Waals surface area contributed by atoms with Crippen molar-refractivity contribution in [2.24, 2.45) is 0 Å². The Hall–Kier alpha value is -1.81. The third-order valence-corrected chi connectivity index (χ3v) is 3.40. The van der Waals surface area contributed by atoms with Crippen LogP contribution in [0.4, 0.5) is 0 Å². The van der Waals surface area contributed by atoms with E-state index in [0.717, 1.165) is 35.9 Å². The van der Waals surface area contributed by atoms with Crippen LogP contribution in [0.1, 0.15) is 35.1 Å². The summed E-state index contributed by atoms with van der Waals surface area (Å²) in [5.41, 5.74) is 4.46. The topological polar surface area (TPSA) is 47.3 Å². The zero-order valence-electron chi connectivity index (χ0n) is 12.6. The summed E-state index contributed by atoms with van der Waals surface area (Å²) in [5, 5.41) is 7.22. The molecule has 4 heteroatoms. The summed E-state index contributed by atoms with van der Waals surface area (Å²) in [7, 11) is 0. The Morgan fingerprint density at radius 1 is 1.20 bits per heavy atom. The monoisotopic (exact) mass is 274 g/mol. The largest absolute Gasteiger partial charge is 0.485 e. The van der Waals surface area contributed by atoms with Gasteiger partial charge >= 0.3 is 0 Å². The van der Waals surface area contributed by atoms with Gasteiger partial charge in [0.05, 0.1) is 5.69 Å². The number of ether oxygens (including phenoxy) is 1. The maximum atomic E-state index is 5.90.